The van der Waals surface area contributed by atoms with Crippen molar-refractivity contribution < 1.29 is 39.1 Å². The van der Waals surface area contributed by atoms with Gasteiger partial charge in [-0.3, -0.25) is 4.79 Å². The van der Waals surface area contributed by atoms with Gasteiger partial charge in [-0.25, -0.2) is 4.79 Å². The lowest BCUT2D eigenvalue weighted by atomic mass is 9.42. The van der Waals surface area contributed by atoms with Gasteiger partial charge >= 0.3 is 5.97 Å². The first kappa shape index (κ1) is 21.1. The first-order chi connectivity index (χ1) is 15.9. The molecule has 1 spiro atoms. The molecule has 8 rings (SSSR count). The van der Waals surface area contributed by atoms with Crippen LogP contribution in [0.15, 0.2) is 0 Å². The van der Waals surface area contributed by atoms with Crippen LogP contribution in [0.4, 0.5) is 0 Å². The van der Waals surface area contributed by atoms with E-state index in [1.165, 1.54) is 0 Å². The van der Waals surface area contributed by atoms with E-state index in [2.05, 4.69) is 6.92 Å². The van der Waals surface area contributed by atoms with E-state index in [1.807, 2.05) is 13.8 Å². The van der Waals surface area contributed by atoms with Crippen molar-refractivity contribution >= 4 is 11.8 Å². The zero-order valence-electron chi connectivity index (χ0n) is 19.9. The number of aliphatic hydroxyl groups is 3. The van der Waals surface area contributed by atoms with Gasteiger partial charge in [0.15, 0.2) is 11.9 Å². The van der Waals surface area contributed by atoms with Crippen molar-refractivity contribution in [1.29, 1.82) is 0 Å². The van der Waals surface area contributed by atoms with Gasteiger partial charge in [-0.2, -0.15) is 0 Å². The molecule has 8 nitrogen and oxygen atoms in total. The van der Waals surface area contributed by atoms with Crippen LogP contribution in [0.3, 0.4) is 0 Å². The van der Waals surface area contributed by atoms with E-state index >= 15 is 0 Å². The molecule has 5 saturated carbocycles. The average molecular weight is 475 g/mol. The molecule has 4 unspecified atom stereocenters. The highest BCUT2D eigenvalue weighted by Gasteiger charge is 2.86. The predicted molar refractivity (Wildman–Crippen MR) is 114 cm³/mol. The Morgan fingerprint density at radius 3 is 2.44 bits per heavy atom. The Balaban J connectivity index is 1.22. The smallest absolute Gasteiger partial charge is 0.338 e. The van der Waals surface area contributed by atoms with Crippen LogP contribution in [0.25, 0.3) is 0 Å². The van der Waals surface area contributed by atoms with Crippen LogP contribution < -0.4 is 0 Å². The van der Waals surface area contributed by atoms with Gasteiger partial charge < -0.3 is 29.5 Å². The molecule has 3 heterocycles. The third kappa shape index (κ3) is 1.90. The third-order valence-corrected chi connectivity index (χ3v) is 12.9. The minimum atomic E-state index is -1.54. The molecule has 8 fully saturated rings. The quantitative estimate of drug-likeness (QED) is 0.349. The molecule has 186 valence electrons. The Morgan fingerprint density at radius 2 is 1.68 bits per heavy atom. The molecule has 0 radical (unpaired) electrons. The number of hydrogen-bond acceptors (Lipinski definition) is 8. The van der Waals surface area contributed by atoms with Gasteiger partial charge in [0.05, 0.1) is 17.6 Å². The number of Topliss-reactive ketones (excluding diaryl/α,β-unsaturated/α-hetero) is 1. The molecule has 8 aliphatic rings. The number of rotatable bonds is 0. The highest BCUT2D eigenvalue weighted by Crippen LogP contribution is 2.78. The fraction of sp³-hybridized carbons (Fsp3) is 0.923. The zero-order valence-corrected chi connectivity index (χ0v) is 19.9. The Morgan fingerprint density at radius 1 is 0.941 bits per heavy atom. The predicted octanol–water partition coefficient (Wildman–Crippen LogP) is 0.936. The van der Waals surface area contributed by atoms with Crippen LogP contribution in [0, 0.1) is 45.8 Å². The molecule has 0 aromatic carbocycles. The number of carbonyl (C=O) groups excluding carboxylic acids is 2. The molecule has 15 atom stereocenters. The monoisotopic (exact) mass is 474 g/mol. The SMILES string of the molecule is C[C@]12CCC3C(C1C[C@@H]1C2C[C@H]2O[C@]24OC(=O)[C@@H](O)[C@]14C)[C@@H](O)C(=O)[C@@]1(O)C[C@@H]2O[C@@H]2C[C@]31C. The Labute approximate surface area is 198 Å². The lowest BCUT2D eigenvalue weighted by Crippen LogP contribution is -2.71. The number of aliphatic hydroxyl groups excluding tert-OH is 2. The van der Waals surface area contributed by atoms with E-state index in [-0.39, 0.29) is 59.7 Å². The lowest BCUT2D eigenvalue weighted by molar-refractivity contribution is -0.221. The van der Waals surface area contributed by atoms with Crippen LogP contribution in [-0.2, 0) is 23.8 Å². The fourth-order valence-corrected chi connectivity index (χ4v) is 10.9. The van der Waals surface area contributed by atoms with Crippen molar-refractivity contribution in [2.24, 2.45) is 45.8 Å². The van der Waals surface area contributed by atoms with E-state index in [0.29, 0.717) is 12.8 Å². The molecule has 0 aromatic rings. The molecule has 0 bridgehead atoms. The summed E-state index contributed by atoms with van der Waals surface area (Å²) in [6.45, 7) is 6.26. The molecule has 8 heteroatoms. The number of fused-ring (bicyclic) bond motifs is 9. The van der Waals surface area contributed by atoms with E-state index < -0.39 is 46.2 Å². The van der Waals surface area contributed by atoms with Crippen molar-refractivity contribution in [3.63, 3.8) is 0 Å². The van der Waals surface area contributed by atoms with E-state index in [0.717, 1.165) is 19.3 Å². The second-order valence-electron chi connectivity index (χ2n) is 13.6. The van der Waals surface area contributed by atoms with Gasteiger partial charge in [0.2, 0.25) is 5.79 Å². The molecular formula is C26H34O8. The number of hydrogen-bond donors (Lipinski definition) is 3. The largest absolute Gasteiger partial charge is 0.427 e. The Bertz CT molecular complexity index is 1050. The molecule has 3 saturated heterocycles. The Hall–Kier alpha value is -1.06. The molecule has 0 amide bonds. The number of ether oxygens (including phenoxy) is 3. The summed E-state index contributed by atoms with van der Waals surface area (Å²) in [5, 5.41) is 34.2. The summed E-state index contributed by atoms with van der Waals surface area (Å²) in [5.74, 6) is -2.01. The van der Waals surface area contributed by atoms with Gasteiger partial charge in [-0.1, -0.05) is 13.8 Å². The van der Waals surface area contributed by atoms with Crippen LogP contribution in [0.2, 0.25) is 0 Å². The molecule has 3 aliphatic heterocycles. The highest BCUT2D eigenvalue weighted by molar-refractivity contribution is 5.93. The highest BCUT2D eigenvalue weighted by atomic mass is 16.8. The van der Waals surface area contributed by atoms with Crippen molar-refractivity contribution in [3.05, 3.63) is 0 Å². The minimum Gasteiger partial charge on any atom is -0.427 e. The van der Waals surface area contributed by atoms with E-state index in [9.17, 15) is 24.9 Å². The van der Waals surface area contributed by atoms with Gasteiger partial charge in [-0.05, 0) is 74.0 Å². The normalized spacial score (nSPS) is 68.9. The van der Waals surface area contributed by atoms with Gasteiger partial charge in [0.1, 0.15) is 17.8 Å². The number of esters is 1. The molecule has 3 N–H and O–H groups in total. The minimum absolute atomic E-state index is 0.000120. The summed E-state index contributed by atoms with van der Waals surface area (Å²) < 4.78 is 17.4. The zero-order chi connectivity index (χ0) is 23.8. The van der Waals surface area contributed by atoms with Gasteiger partial charge in [0, 0.05) is 11.8 Å². The van der Waals surface area contributed by atoms with Crippen LogP contribution in [0.1, 0.15) is 59.3 Å². The average Bonchev–Trinajstić information content (AvgIpc) is 3.65. The van der Waals surface area contributed by atoms with Crippen molar-refractivity contribution in [2.45, 2.75) is 101 Å². The maximum atomic E-state index is 13.6. The first-order valence-electron chi connectivity index (χ1n) is 13.1. The molecular weight excluding hydrogens is 440 g/mol. The molecule has 0 aromatic heterocycles. The van der Waals surface area contributed by atoms with Gasteiger partial charge in [0.25, 0.3) is 0 Å². The number of epoxide rings is 2. The van der Waals surface area contributed by atoms with Gasteiger partial charge in [-0.15, -0.1) is 0 Å². The second-order valence-corrected chi connectivity index (χ2v) is 13.6. The van der Waals surface area contributed by atoms with Crippen molar-refractivity contribution in [3.8, 4) is 0 Å². The first-order valence-corrected chi connectivity index (χ1v) is 13.1. The summed E-state index contributed by atoms with van der Waals surface area (Å²) in [6, 6.07) is 0. The summed E-state index contributed by atoms with van der Waals surface area (Å²) >= 11 is 0. The van der Waals surface area contributed by atoms with Crippen LogP contribution >= 0.6 is 0 Å². The Kier molecular flexibility index (Phi) is 3.47. The summed E-state index contributed by atoms with van der Waals surface area (Å²) in [5.41, 5.74) is -3.14. The van der Waals surface area contributed by atoms with E-state index in [4.69, 9.17) is 14.2 Å². The summed E-state index contributed by atoms with van der Waals surface area (Å²) in [6.07, 6.45) is 1.60. The second kappa shape index (κ2) is 5.59. The summed E-state index contributed by atoms with van der Waals surface area (Å²) in [7, 11) is 0. The molecule has 5 aliphatic carbocycles. The van der Waals surface area contributed by atoms with E-state index in [1.54, 1.807) is 0 Å². The van der Waals surface area contributed by atoms with Crippen molar-refractivity contribution in [1.82, 2.24) is 0 Å². The summed E-state index contributed by atoms with van der Waals surface area (Å²) in [4.78, 5) is 26.1. The lowest BCUT2D eigenvalue weighted by Gasteiger charge is -2.63. The third-order valence-electron chi connectivity index (χ3n) is 12.9. The standard InChI is InChI=1S/C26H34O8/c1-22-5-4-10-17(18(27)19(28)25(31)9-15-14(32-15)8-23(10,25)2)13(22)6-12-11(22)7-16-26(33-16)24(12,3)20(29)21(30)34-26/h10-18,20,27,29,31H,4-9H2,1-3H3/t10?,11?,12-,13?,14-,15+,16-,17?,18-,20-,22-,23-,24+,25+,26+/m1/s1. The fourth-order valence-electron chi connectivity index (χ4n) is 10.9. The number of carbonyl (C=O) groups is 2. The maximum Gasteiger partial charge on any atom is 0.338 e. The topological polar surface area (TPSA) is 129 Å². The molecule has 34 heavy (non-hydrogen) atoms. The van der Waals surface area contributed by atoms with Crippen LogP contribution in [0.5, 0.6) is 0 Å². The number of ketones is 1. The maximum absolute atomic E-state index is 13.6. The van der Waals surface area contributed by atoms with Crippen LogP contribution in [-0.4, -0.2) is 69.0 Å². The van der Waals surface area contributed by atoms with Crippen molar-refractivity contribution in [2.75, 3.05) is 0 Å².